The molecule has 3 rings (SSSR count). The van der Waals surface area contributed by atoms with E-state index < -0.39 is 0 Å². The summed E-state index contributed by atoms with van der Waals surface area (Å²) >= 11 is 0. The minimum atomic E-state index is 0.0607. The predicted molar refractivity (Wildman–Crippen MR) is 99.9 cm³/mol. The maximum Gasteiger partial charge on any atom is 0.225 e. The third kappa shape index (κ3) is 4.71. The van der Waals surface area contributed by atoms with Crippen LogP contribution in [0.15, 0.2) is 6.07 Å². The Balaban J connectivity index is 1.38. The van der Waals surface area contributed by atoms with Crippen molar-refractivity contribution in [2.75, 3.05) is 37.6 Å². The second kappa shape index (κ2) is 8.47. The lowest BCUT2D eigenvalue weighted by atomic mass is 9.96. The SMILES string of the molecule is Cc1cc(C)nc(N2CCC(C(=O)NCCCN3CCCC3=O)CC2)n1. The third-order valence-corrected chi connectivity index (χ3v) is 5.19. The lowest BCUT2D eigenvalue weighted by molar-refractivity contribution is -0.127. The average Bonchev–Trinajstić information content (AvgIpc) is 3.03. The quantitative estimate of drug-likeness (QED) is 0.778. The number of aromatic nitrogens is 2. The molecule has 142 valence electrons. The Morgan fingerprint density at radius 1 is 1.19 bits per heavy atom. The molecule has 3 heterocycles. The minimum Gasteiger partial charge on any atom is -0.356 e. The number of hydrogen-bond acceptors (Lipinski definition) is 5. The van der Waals surface area contributed by atoms with E-state index in [2.05, 4.69) is 20.2 Å². The van der Waals surface area contributed by atoms with E-state index >= 15 is 0 Å². The van der Waals surface area contributed by atoms with Crippen LogP contribution in [0.3, 0.4) is 0 Å². The molecule has 0 saturated carbocycles. The van der Waals surface area contributed by atoms with Crippen LogP contribution >= 0.6 is 0 Å². The van der Waals surface area contributed by atoms with Gasteiger partial charge in [0.25, 0.3) is 0 Å². The first kappa shape index (κ1) is 18.6. The maximum atomic E-state index is 12.4. The molecule has 0 bridgehead atoms. The summed E-state index contributed by atoms with van der Waals surface area (Å²) in [5.41, 5.74) is 1.95. The van der Waals surface area contributed by atoms with Crippen LogP contribution in [0.2, 0.25) is 0 Å². The minimum absolute atomic E-state index is 0.0607. The summed E-state index contributed by atoms with van der Waals surface area (Å²) < 4.78 is 0. The van der Waals surface area contributed by atoms with Crippen LogP contribution in [0.5, 0.6) is 0 Å². The number of carbonyl (C=O) groups is 2. The van der Waals surface area contributed by atoms with Crippen LogP contribution in [-0.2, 0) is 9.59 Å². The normalized spacial score (nSPS) is 18.5. The molecule has 7 nitrogen and oxygen atoms in total. The molecule has 26 heavy (non-hydrogen) atoms. The predicted octanol–water partition coefficient (Wildman–Crippen LogP) is 1.44. The number of aryl methyl sites for hydroxylation is 2. The van der Waals surface area contributed by atoms with Crippen molar-refractivity contribution in [3.63, 3.8) is 0 Å². The summed E-state index contributed by atoms with van der Waals surface area (Å²) in [5, 5.41) is 3.04. The first-order valence-corrected chi connectivity index (χ1v) is 9.65. The standard InChI is InChI=1S/C19H29N5O2/c1-14-13-15(2)22-19(21-14)24-11-6-16(7-12-24)18(26)20-8-4-10-23-9-3-5-17(23)25/h13,16H,3-12H2,1-2H3,(H,20,26). The highest BCUT2D eigenvalue weighted by molar-refractivity contribution is 5.79. The highest BCUT2D eigenvalue weighted by atomic mass is 16.2. The van der Waals surface area contributed by atoms with Crippen molar-refractivity contribution in [2.45, 2.75) is 46.0 Å². The van der Waals surface area contributed by atoms with Gasteiger partial charge in [0.15, 0.2) is 0 Å². The molecule has 0 atom stereocenters. The zero-order valence-electron chi connectivity index (χ0n) is 15.8. The molecule has 7 heteroatoms. The van der Waals surface area contributed by atoms with E-state index in [9.17, 15) is 9.59 Å². The number of amides is 2. The first-order valence-electron chi connectivity index (χ1n) is 9.65. The Bertz CT molecular complexity index is 635. The van der Waals surface area contributed by atoms with Gasteiger partial charge in [-0.2, -0.15) is 0 Å². The average molecular weight is 359 g/mol. The van der Waals surface area contributed by atoms with Crippen molar-refractivity contribution in [3.8, 4) is 0 Å². The van der Waals surface area contributed by atoms with E-state index in [1.807, 2.05) is 24.8 Å². The lowest BCUT2D eigenvalue weighted by Gasteiger charge is -2.31. The topological polar surface area (TPSA) is 78.4 Å². The van der Waals surface area contributed by atoms with Crippen molar-refractivity contribution >= 4 is 17.8 Å². The number of nitrogens with zero attached hydrogens (tertiary/aromatic N) is 4. The van der Waals surface area contributed by atoms with E-state index in [1.165, 1.54) is 0 Å². The van der Waals surface area contributed by atoms with Gasteiger partial charge in [-0.25, -0.2) is 9.97 Å². The van der Waals surface area contributed by atoms with Gasteiger partial charge in [0, 0.05) is 56.5 Å². The zero-order valence-corrected chi connectivity index (χ0v) is 15.8. The molecule has 0 aromatic carbocycles. The van der Waals surface area contributed by atoms with Crippen LogP contribution in [0, 0.1) is 19.8 Å². The summed E-state index contributed by atoms with van der Waals surface area (Å²) in [6.45, 7) is 7.84. The molecular weight excluding hydrogens is 330 g/mol. The fourth-order valence-electron chi connectivity index (χ4n) is 3.76. The van der Waals surface area contributed by atoms with Crippen molar-refractivity contribution in [1.29, 1.82) is 0 Å². The molecule has 0 spiro atoms. The Labute approximate surface area is 155 Å². The van der Waals surface area contributed by atoms with Gasteiger partial charge in [-0.15, -0.1) is 0 Å². The smallest absolute Gasteiger partial charge is 0.225 e. The van der Waals surface area contributed by atoms with Gasteiger partial charge in [-0.1, -0.05) is 0 Å². The molecule has 2 fully saturated rings. The summed E-state index contributed by atoms with van der Waals surface area (Å²) in [5.74, 6) is 1.22. The Hall–Kier alpha value is -2.18. The molecule has 2 aliphatic heterocycles. The van der Waals surface area contributed by atoms with Crippen LogP contribution in [0.4, 0.5) is 5.95 Å². The number of piperidine rings is 1. The molecule has 0 aliphatic carbocycles. The van der Waals surface area contributed by atoms with Gasteiger partial charge in [0.2, 0.25) is 17.8 Å². The number of anilines is 1. The van der Waals surface area contributed by atoms with Gasteiger partial charge < -0.3 is 15.1 Å². The van der Waals surface area contributed by atoms with Gasteiger partial charge in [-0.3, -0.25) is 9.59 Å². The maximum absolute atomic E-state index is 12.4. The van der Waals surface area contributed by atoms with E-state index in [1.54, 1.807) is 0 Å². The molecule has 1 aromatic heterocycles. The zero-order chi connectivity index (χ0) is 18.5. The molecule has 0 unspecified atom stereocenters. The Morgan fingerprint density at radius 3 is 2.50 bits per heavy atom. The van der Waals surface area contributed by atoms with E-state index in [-0.39, 0.29) is 17.7 Å². The first-order chi connectivity index (χ1) is 12.5. The van der Waals surface area contributed by atoms with E-state index in [0.717, 1.165) is 69.2 Å². The van der Waals surface area contributed by atoms with Crippen LogP contribution in [-0.4, -0.2) is 59.4 Å². The summed E-state index contributed by atoms with van der Waals surface area (Å²) in [4.78, 5) is 37.0. The summed E-state index contributed by atoms with van der Waals surface area (Å²) in [6, 6.07) is 1.97. The third-order valence-electron chi connectivity index (χ3n) is 5.19. The highest BCUT2D eigenvalue weighted by Crippen LogP contribution is 2.21. The highest BCUT2D eigenvalue weighted by Gasteiger charge is 2.26. The fraction of sp³-hybridized carbons (Fsp3) is 0.684. The number of nitrogens with one attached hydrogen (secondary N) is 1. The van der Waals surface area contributed by atoms with Crippen LogP contribution in [0.1, 0.15) is 43.5 Å². The monoisotopic (exact) mass is 359 g/mol. The lowest BCUT2D eigenvalue weighted by Crippen LogP contribution is -2.41. The fourth-order valence-corrected chi connectivity index (χ4v) is 3.76. The van der Waals surface area contributed by atoms with Gasteiger partial charge in [-0.05, 0) is 45.6 Å². The van der Waals surface area contributed by atoms with Crippen LogP contribution in [0.25, 0.3) is 0 Å². The van der Waals surface area contributed by atoms with Crippen molar-refractivity contribution in [3.05, 3.63) is 17.5 Å². The van der Waals surface area contributed by atoms with Crippen molar-refractivity contribution < 1.29 is 9.59 Å². The summed E-state index contributed by atoms with van der Waals surface area (Å²) in [6.07, 6.45) is 4.12. The van der Waals surface area contributed by atoms with Gasteiger partial charge >= 0.3 is 0 Å². The Kier molecular flexibility index (Phi) is 6.06. The van der Waals surface area contributed by atoms with Gasteiger partial charge in [0.05, 0.1) is 0 Å². The van der Waals surface area contributed by atoms with Crippen molar-refractivity contribution in [2.24, 2.45) is 5.92 Å². The molecule has 2 amide bonds. The molecule has 2 saturated heterocycles. The number of likely N-dealkylation sites (tertiary alicyclic amines) is 1. The molecular formula is C19H29N5O2. The molecule has 1 N–H and O–H groups in total. The molecule has 0 radical (unpaired) electrons. The Morgan fingerprint density at radius 2 is 1.88 bits per heavy atom. The van der Waals surface area contributed by atoms with E-state index in [0.29, 0.717) is 13.0 Å². The number of carbonyl (C=O) groups excluding carboxylic acids is 2. The molecule has 2 aliphatic rings. The summed E-state index contributed by atoms with van der Waals surface area (Å²) in [7, 11) is 0. The van der Waals surface area contributed by atoms with E-state index in [4.69, 9.17) is 0 Å². The van der Waals surface area contributed by atoms with Crippen molar-refractivity contribution in [1.82, 2.24) is 20.2 Å². The second-order valence-electron chi connectivity index (χ2n) is 7.34. The largest absolute Gasteiger partial charge is 0.356 e. The van der Waals surface area contributed by atoms with Crippen LogP contribution < -0.4 is 10.2 Å². The molecule has 1 aromatic rings. The van der Waals surface area contributed by atoms with Gasteiger partial charge in [0.1, 0.15) is 0 Å². The number of rotatable bonds is 6. The second-order valence-corrected chi connectivity index (χ2v) is 7.34. The number of hydrogen-bond donors (Lipinski definition) is 1.